The molecule has 1 fully saturated rings. The maximum atomic E-state index is 12.1. The Morgan fingerprint density at radius 1 is 1.29 bits per heavy atom. The van der Waals surface area contributed by atoms with Crippen LogP contribution < -0.4 is 14.8 Å². The topological polar surface area (TPSA) is 67.9 Å². The predicted molar refractivity (Wildman–Crippen MR) is 81.1 cm³/mol. The van der Waals surface area contributed by atoms with Gasteiger partial charge in [0.05, 0.1) is 14.2 Å². The van der Waals surface area contributed by atoms with Crippen molar-refractivity contribution in [2.45, 2.75) is 6.92 Å². The molecule has 1 heterocycles. The highest BCUT2D eigenvalue weighted by Crippen LogP contribution is 2.36. The van der Waals surface area contributed by atoms with Gasteiger partial charge in [0.15, 0.2) is 11.5 Å². The molecule has 1 aliphatic rings. The number of carbonyl (C=O) groups excluding carboxylic acids is 2. The number of benzene rings is 1. The van der Waals surface area contributed by atoms with Gasteiger partial charge in [-0.05, 0) is 25.1 Å². The Morgan fingerprint density at radius 3 is 2.52 bits per heavy atom. The average Bonchev–Trinajstić information content (AvgIpc) is 2.72. The number of nitrogens with zero attached hydrogens (tertiary/aromatic N) is 1. The van der Waals surface area contributed by atoms with E-state index in [0.717, 1.165) is 9.37 Å². The minimum Gasteiger partial charge on any atom is -0.493 e. The van der Waals surface area contributed by atoms with Gasteiger partial charge in [0.1, 0.15) is 5.70 Å². The number of hydrogen-bond acceptors (Lipinski definition) is 4. The highest BCUT2D eigenvalue weighted by molar-refractivity contribution is 9.10. The van der Waals surface area contributed by atoms with Crippen molar-refractivity contribution in [1.29, 1.82) is 0 Å². The highest BCUT2D eigenvalue weighted by atomic mass is 79.9. The molecule has 1 aromatic carbocycles. The van der Waals surface area contributed by atoms with Crippen LogP contribution in [0.25, 0.3) is 6.08 Å². The van der Waals surface area contributed by atoms with Gasteiger partial charge in [0.2, 0.25) is 0 Å². The molecule has 0 saturated carbocycles. The molecule has 1 saturated heterocycles. The molecule has 2 rings (SSSR count). The van der Waals surface area contributed by atoms with Crippen molar-refractivity contribution >= 4 is 33.9 Å². The number of rotatable bonds is 4. The van der Waals surface area contributed by atoms with Crippen LogP contribution in [0.15, 0.2) is 22.3 Å². The van der Waals surface area contributed by atoms with E-state index in [-0.39, 0.29) is 11.6 Å². The molecule has 6 nitrogen and oxygen atoms in total. The quantitative estimate of drug-likeness (QED) is 0.665. The molecule has 3 amide bonds. The number of hydrogen-bond donors (Lipinski definition) is 1. The van der Waals surface area contributed by atoms with E-state index in [1.165, 1.54) is 14.2 Å². The number of imide groups is 1. The van der Waals surface area contributed by atoms with Gasteiger partial charge in [-0.15, -0.1) is 0 Å². The first-order valence-corrected chi connectivity index (χ1v) is 7.07. The van der Waals surface area contributed by atoms with Gasteiger partial charge >= 0.3 is 6.03 Å². The molecule has 0 atom stereocenters. The summed E-state index contributed by atoms with van der Waals surface area (Å²) in [7, 11) is 3.05. The van der Waals surface area contributed by atoms with E-state index in [1.54, 1.807) is 25.1 Å². The van der Waals surface area contributed by atoms with Crippen LogP contribution in [0.3, 0.4) is 0 Å². The number of carbonyl (C=O) groups is 2. The van der Waals surface area contributed by atoms with Crippen molar-refractivity contribution in [3.05, 3.63) is 27.9 Å². The Balaban J connectivity index is 2.48. The van der Waals surface area contributed by atoms with Gasteiger partial charge < -0.3 is 14.8 Å². The normalized spacial score (nSPS) is 16.4. The molecule has 0 bridgehead atoms. The van der Waals surface area contributed by atoms with Gasteiger partial charge in [-0.2, -0.15) is 0 Å². The first kappa shape index (κ1) is 15.4. The van der Waals surface area contributed by atoms with Crippen LogP contribution in [0.1, 0.15) is 12.5 Å². The third-order valence-corrected chi connectivity index (χ3v) is 3.51. The zero-order valence-corrected chi connectivity index (χ0v) is 13.5. The lowest BCUT2D eigenvalue weighted by molar-refractivity contribution is -0.122. The molecule has 1 aliphatic heterocycles. The van der Waals surface area contributed by atoms with Gasteiger partial charge in [0, 0.05) is 16.6 Å². The molecular weight excluding hydrogens is 340 g/mol. The number of nitrogens with one attached hydrogen (secondary N) is 1. The van der Waals surface area contributed by atoms with Crippen molar-refractivity contribution in [3.8, 4) is 11.5 Å². The van der Waals surface area contributed by atoms with E-state index < -0.39 is 6.03 Å². The van der Waals surface area contributed by atoms with Crippen LogP contribution in [0.5, 0.6) is 11.5 Å². The molecule has 0 spiro atoms. The van der Waals surface area contributed by atoms with Crippen LogP contribution in [0.4, 0.5) is 4.79 Å². The third-order valence-electron chi connectivity index (χ3n) is 3.05. The van der Waals surface area contributed by atoms with E-state index in [1.807, 2.05) is 0 Å². The van der Waals surface area contributed by atoms with Gasteiger partial charge in [-0.1, -0.05) is 15.9 Å². The summed E-state index contributed by atoms with van der Waals surface area (Å²) in [5, 5.41) is 2.55. The predicted octanol–water partition coefficient (Wildman–Crippen LogP) is 2.38. The van der Waals surface area contributed by atoms with Crippen LogP contribution >= 0.6 is 15.9 Å². The summed E-state index contributed by atoms with van der Waals surface area (Å²) in [6.45, 7) is 2.06. The van der Waals surface area contributed by atoms with Crippen LogP contribution in [0.2, 0.25) is 0 Å². The highest BCUT2D eigenvalue weighted by Gasteiger charge is 2.32. The van der Waals surface area contributed by atoms with Gasteiger partial charge in [-0.25, -0.2) is 4.79 Å². The first-order valence-electron chi connectivity index (χ1n) is 6.27. The molecule has 21 heavy (non-hydrogen) atoms. The van der Waals surface area contributed by atoms with Crippen molar-refractivity contribution in [1.82, 2.24) is 10.2 Å². The monoisotopic (exact) mass is 354 g/mol. The number of ether oxygens (including phenoxy) is 2. The van der Waals surface area contributed by atoms with E-state index in [2.05, 4.69) is 21.2 Å². The standard InChI is InChI=1S/C14H15BrN2O4/c1-4-17-13(18)10(16-14(17)19)6-8-5-9(15)7-11(20-2)12(8)21-3/h5-7H,4H2,1-3H3,(H,16,19)/b10-6+. The Hall–Kier alpha value is -2.02. The smallest absolute Gasteiger partial charge is 0.328 e. The molecule has 0 unspecified atom stereocenters. The summed E-state index contributed by atoms with van der Waals surface area (Å²) < 4.78 is 11.3. The second-order valence-electron chi connectivity index (χ2n) is 4.27. The summed E-state index contributed by atoms with van der Waals surface area (Å²) in [5.41, 5.74) is 0.839. The van der Waals surface area contributed by atoms with E-state index in [9.17, 15) is 9.59 Å². The maximum Gasteiger partial charge on any atom is 0.328 e. The second-order valence-corrected chi connectivity index (χ2v) is 5.18. The van der Waals surface area contributed by atoms with E-state index in [0.29, 0.717) is 23.6 Å². The summed E-state index contributed by atoms with van der Waals surface area (Å²) in [5.74, 6) is 0.663. The van der Waals surface area contributed by atoms with Crippen LogP contribution in [-0.4, -0.2) is 37.6 Å². The zero-order valence-electron chi connectivity index (χ0n) is 11.9. The maximum absolute atomic E-state index is 12.1. The molecule has 1 aromatic rings. The van der Waals surface area contributed by atoms with E-state index in [4.69, 9.17) is 9.47 Å². The third kappa shape index (κ3) is 2.87. The molecular formula is C14H15BrN2O4. The average molecular weight is 355 g/mol. The van der Waals surface area contributed by atoms with Gasteiger partial charge in [-0.3, -0.25) is 9.69 Å². The minimum atomic E-state index is -0.422. The van der Waals surface area contributed by atoms with Crippen LogP contribution in [0, 0.1) is 0 Å². The molecule has 0 aromatic heterocycles. The molecule has 0 aliphatic carbocycles. The lowest BCUT2D eigenvalue weighted by atomic mass is 10.1. The largest absolute Gasteiger partial charge is 0.493 e. The number of halogens is 1. The second kappa shape index (κ2) is 6.17. The van der Waals surface area contributed by atoms with E-state index >= 15 is 0 Å². The summed E-state index contributed by atoms with van der Waals surface area (Å²) in [6, 6.07) is 3.12. The molecule has 7 heteroatoms. The van der Waals surface area contributed by atoms with Crippen molar-refractivity contribution in [2.75, 3.05) is 20.8 Å². The Kier molecular flexibility index (Phi) is 4.52. The number of methoxy groups -OCH3 is 2. The summed E-state index contributed by atoms with van der Waals surface area (Å²) in [4.78, 5) is 24.9. The number of likely N-dealkylation sites (N-methyl/N-ethyl adjacent to an activating group) is 1. The SMILES string of the molecule is CCN1C(=O)N/C(=C/c2cc(Br)cc(OC)c2OC)C1=O. The lowest BCUT2D eigenvalue weighted by Gasteiger charge is -2.11. The fourth-order valence-electron chi connectivity index (χ4n) is 2.08. The summed E-state index contributed by atoms with van der Waals surface area (Å²) >= 11 is 3.37. The van der Waals surface area contributed by atoms with Crippen LogP contribution in [-0.2, 0) is 4.79 Å². The van der Waals surface area contributed by atoms with Gasteiger partial charge in [0.25, 0.3) is 5.91 Å². The van der Waals surface area contributed by atoms with Crippen molar-refractivity contribution in [2.24, 2.45) is 0 Å². The molecule has 1 N–H and O–H groups in total. The Morgan fingerprint density at radius 2 is 2.00 bits per heavy atom. The number of amides is 3. The van der Waals surface area contributed by atoms with Crippen molar-refractivity contribution < 1.29 is 19.1 Å². The molecule has 0 radical (unpaired) electrons. The zero-order chi connectivity index (χ0) is 15.6. The fourth-order valence-corrected chi connectivity index (χ4v) is 2.53. The van der Waals surface area contributed by atoms with Crippen molar-refractivity contribution in [3.63, 3.8) is 0 Å². The fraction of sp³-hybridized carbons (Fsp3) is 0.286. The molecule has 112 valence electrons. The first-order chi connectivity index (χ1) is 10.0. The minimum absolute atomic E-state index is 0.209. The lowest BCUT2D eigenvalue weighted by Crippen LogP contribution is -2.30. The number of urea groups is 1. The Labute approximate surface area is 130 Å². The summed E-state index contributed by atoms with van der Waals surface area (Å²) in [6.07, 6.45) is 1.57. The Bertz CT molecular complexity index is 628.